The van der Waals surface area contributed by atoms with E-state index in [2.05, 4.69) is 30.2 Å². The number of aryl methyl sites for hydroxylation is 1. The van der Waals surface area contributed by atoms with Gasteiger partial charge in [0.25, 0.3) is 0 Å². The summed E-state index contributed by atoms with van der Waals surface area (Å²) < 4.78 is 0. The van der Waals surface area contributed by atoms with Crippen molar-refractivity contribution < 1.29 is 0 Å². The molecule has 1 atom stereocenters. The van der Waals surface area contributed by atoms with E-state index in [0.29, 0.717) is 12.0 Å². The molecule has 0 bridgehead atoms. The van der Waals surface area contributed by atoms with Crippen molar-refractivity contribution in [2.45, 2.75) is 19.4 Å². The zero-order valence-corrected chi connectivity index (χ0v) is 13.2. The van der Waals surface area contributed by atoms with E-state index in [1.807, 2.05) is 38.1 Å². The van der Waals surface area contributed by atoms with Gasteiger partial charge in [-0.15, -0.1) is 0 Å². The van der Waals surface area contributed by atoms with Gasteiger partial charge in [-0.2, -0.15) is 4.98 Å². The molecule has 0 saturated carbocycles. The van der Waals surface area contributed by atoms with Gasteiger partial charge >= 0.3 is 0 Å². The molecule has 3 heterocycles. The largest absolute Gasteiger partial charge is 0.365 e. The van der Waals surface area contributed by atoms with E-state index in [-0.39, 0.29) is 0 Å². The molecule has 22 heavy (non-hydrogen) atoms. The number of hydrogen-bond acceptors (Lipinski definition) is 7. The Bertz CT molecular complexity index is 643. The van der Waals surface area contributed by atoms with Crippen LogP contribution in [-0.2, 0) is 0 Å². The first-order chi connectivity index (χ1) is 10.6. The molecule has 7 nitrogen and oxygen atoms in total. The number of nitrogens with one attached hydrogen (secondary N) is 1. The van der Waals surface area contributed by atoms with Crippen molar-refractivity contribution in [1.29, 1.82) is 0 Å². The van der Waals surface area contributed by atoms with Crippen LogP contribution in [0, 0.1) is 6.92 Å². The molecular formula is C15H21N7. The highest BCUT2D eigenvalue weighted by atomic mass is 15.3. The summed E-state index contributed by atoms with van der Waals surface area (Å²) in [5.74, 6) is 2.57. The molecule has 0 radical (unpaired) electrons. The van der Waals surface area contributed by atoms with Crippen LogP contribution in [0.25, 0.3) is 0 Å². The minimum absolute atomic E-state index is 0.361. The topological polar surface area (TPSA) is 70.1 Å². The second kappa shape index (κ2) is 6.13. The molecule has 0 spiro atoms. The second-order valence-electron chi connectivity index (χ2n) is 5.73. The van der Waals surface area contributed by atoms with Crippen molar-refractivity contribution in [3.05, 3.63) is 30.4 Å². The fourth-order valence-electron chi connectivity index (χ4n) is 2.55. The Hall–Kier alpha value is -2.44. The van der Waals surface area contributed by atoms with Gasteiger partial charge in [0.2, 0.25) is 5.95 Å². The maximum atomic E-state index is 4.51. The molecule has 1 N–H and O–H groups in total. The molecule has 1 aliphatic rings. The van der Waals surface area contributed by atoms with Crippen molar-refractivity contribution >= 4 is 17.6 Å². The summed E-state index contributed by atoms with van der Waals surface area (Å²) in [6.07, 6.45) is 4.47. The van der Waals surface area contributed by atoms with Crippen LogP contribution in [0.3, 0.4) is 0 Å². The highest BCUT2D eigenvalue weighted by molar-refractivity contribution is 5.45. The monoisotopic (exact) mass is 299 g/mol. The van der Waals surface area contributed by atoms with Gasteiger partial charge in [0.15, 0.2) is 0 Å². The third-order valence-electron chi connectivity index (χ3n) is 3.70. The predicted molar refractivity (Wildman–Crippen MR) is 87.4 cm³/mol. The molecule has 1 fully saturated rings. The fraction of sp³-hybridized carbons (Fsp3) is 0.467. The van der Waals surface area contributed by atoms with Crippen molar-refractivity contribution in [3.63, 3.8) is 0 Å². The molecule has 1 unspecified atom stereocenters. The number of aromatic nitrogens is 4. The highest BCUT2D eigenvalue weighted by Crippen LogP contribution is 2.20. The summed E-state index contributed by atoms with van der Waals surface area (Å²) in [4.78, 5) is 21.4. The first-order valence-electron chi connectivity index (χ1n) is 7.42. The number of nitrogens with zero attached hydrogens (tertiary/aromatic N) is 6. The van der Waals surface area contributed by atoms with E-state index in [1.165, 1.54) is 0 Å². The van der Waals surface area contributed by atoms with Gasteiger partial charge in [0.05, 0.1) is 0 Å². The van der Waals surface area contributed by atoms with Crippen molar-refractivity contribution in [2.75, 3.05) is 42.3 Å². The smallest absolute Gasteiger partial charge is 0.226 e. The molecule has 1 saturated heterocycles. The lowest BCUT2D eigenvalue weighted by Gasteiger charge is -2.18. The van der Waals surface area contributed by atoms with E-state index in [1.54, 1.807) is 12.5 Å². The summed E-state index contributed by atoms with van der Waals surface area (Å²) >= 11 is 0. The van der Waals surface area contributed by atoms with Crippen LogP contribution < -0.4 is 15.1 Å². The van der Waals surface area contributed by atoms with E-state index in [0.717, 1.165) is 36.8 Å². The average Bonchev–Trinajstić information content (AvgIpc) is 2.96. The van der Waals surface area contributed by atoms with Crippen LogP contribution in [0.5, 0.6) is 0 Å². The summed E-state index contributed by atoms with van der Waals surface area (Å²) in [6.45, 7) is 3.89. The molecule has 116 valence electrons. The minimum Gasteiger partial charge on any atom is -0.365 e. The van der Waals surface area contributed by atoms with Crippen molar-refractivity contribution in [2.24, 2.45) is 0 Å². The maximum absolute atomic E-state index is 4.51. The third kappa shape index (κ3) is 3.24. The highest BCUT2D eigenvalue weighted by Gasteiger charge is 2.23. The molecule has 2 aromatic heterocycles. The van der Waals surface area contributed by atoms with Gasteiger partial charge < -0.3 is 15.1 Å². The molecule has 0 amide bonds. The Morgan fingerprint density at radius 3 is 2.91 bits per heavy atom. The molecule has 1 aliphatic heterocycles. The Morgan fingerprint density at radius 1 is 1.27 bits per heavy atom. The van der Waals surface area contributed by atoms with Gasteiger partial charge in [-0.25, -0.2) is 15.0 Å². The Kier molecular flexibility index (Phi) is 4.04. The molecule has 7 heteroatoms. The average molecular weight is 299 g/mol. The van der Waals surface area contributed by atoms with E-state index >= 15 is 0 Å². The fourth-order valence-corrected chi connectivity index (χ4v) is 2.55. The zero-order valence-electron chi connectivity index (χ0n) is 13.2. The van der Waals surface area contributed by atoms with Gasteiger partial charge in [0, 0.05) is 51.2 Å². The first kappa shape index (κ1) is 14.5. The SMILES string of the molecule is Cc1cc(N2CCC(Nc3ccnc(N(C)C)n3)C2)ncn1. The summed E-state index contributed by atoms with van der Waals surface area (Å²) in [5, 5.41) is 3.49. The lowest BCUT2D eigenvalue weighted by molar-refractivity contribution is 0.797. The lowest BCUT2D eigenvalue weighted by Crippen LogP contribution is -2.27. The van der Waals surface area contributed by atoms with Crippen molar-refractivity contribution in [3.8, 4) is 0 Å². The number of anilines is 3. The van der Waals surface area contributed by atoms with Gasteiger partial charge in [0.1, 0.15) is 18.0 Å². The van der Waals surface area contributed by atoms with E-state index < -0.39 is 0 Å². The Morgan fingerprint density at radius 2 is 2.14 bits per heavy atom. The quantitative estimate of drug-likeness (QED) is 0.913. The lowest BCUT2D eigenvalue weighted by atomic mass is 10.2. The molecule has 2 aromatic rings. The maximum Gasteiger partial charge on any atom is 0.226 e. The van der Waals surface area contributed by atoms with Crippen LogP contribution in [0.2, 0.25) is 0 Å². The molecular weight excluding hydrogens is 278 g/mol. The van der Waals surface area contributed by atoms with Gasteiger partial charge in [-0.1, -0.05) is 0 Å². The zero-order chi connectivity index (χ0) is 15.5. The van der Waals surface area contributed by atoms with Crippen LogP contribution in [0.1, 0.15) is 12.1 Å². The summed E-state index contributed by atoms with van der Waals surface area (Å²) in [5.41, 5.74) is 0.993. The molecule has 0 aromatic carbocycles. The van der Waals surface area contributed by atoms with Crippen molar-refractivity contribution in [1.82, 2.24) is 19.9 Å². The standard InChI is InChI=1S/C15H21N7/c1-11-8-14(18-10-17-11)22-7-5-12(9-22)19-13-4-6-16-15(20-13)21(2)3/h4,6,8,10,12H,5,7,9H2,1-3H3,(H,16,19,20). The normalized spacial score (nSPS) is 17.6. The van der Waals surface area contributed by atoms with Gasteiger partial charge in [-0.3, -0.25) is 0 Å². The van der Waals surface area contributed by atoms with Crippen LogP contribution >= 0.6 is 0 Å². The molecule has 3 rings (SSSR count). The Labute approximate surface area is 130 Å². The third-order valence-corrected chi connectivity index (χ3v) is 3.70. The summed E-state index contributed by atoms with van der Waals surface area (Å²) in [7, 11) is 3.88. The van der Waals surface area contributed by atoms with Crippen LogP contribution in [0.4, 0.5) is 17.6 Å². The number of hydrogen-bond donors (Lipinski definition) is 1. The van der Waals surface area contributed by atoms with E-state index in [4.69, 9.17) is 0 Å². The van der Waals surface area contributed by atoms with Crippen LogP contribution in [0.15, 0.2) is 24.7 Å². The number of rotatable bonds is 4. The Balaban J connectivity index is 1.65. The predicted octanol–water partition coefficient (Wildman–Crippen LogP) is 1.33. The van der Waals surface area contributed by atoms with E-state index in [9.17, 15) is 0 Å². The van der Waals surface area contributed by atoms with Gasteiger partial charge in [-0.05, 0) is 19.4 Å². The minimum atomic E-state index is 0.361. The molecule has 0 aliphatic carbocycles. The second-order valence-corrected chi connectivity index (χ2v) is 5.73. The first-order valence-corrected chi connectivity index (χ1v) is 7.42. The summed E-state index contributed by atoms with van der Waals surface area (Å²) in [6, 6.07) is 4.29. The van der Waals surface area contributed by atoms with Crippen LogP contribution in [-0.4, -0.2) is 53.2 Å².